The summed E-state index contributed by atoms with van der Waals surface area (Å²) in [4.78, 5) is 4.16. The lowest BCUT2D eigenvalue weighted by atomic mass is 9.93. The Morgan fingerprint density at radius 2 is 2.17 bits per heavy atom. The molecule has 2 heterocycles. The second-order valence-corrected chi connectivity index (χ2v) is 6.63. The zero-order chi connectivity index (χ0) is 17.3. The number of hydrogen-bond donors (Lipinski definition) is 1. The Morgan fingerprint density at radius 1 is 1.42 bits per heavy atom. The van der Waals surface area contributed by atoms with Gasteiger partial charge in [0.1, 0.15) is 17.1 Å². The molecule has 1 saturated heterocycles. The van der Waals surface area contributed by atoms with Crippen LogP contribution in [0.25, 0.3) is 0 Å². The van der Waals surface area contributed by atoms with Gasteiger partial charge in [-0.2, -0.15) is 10.5 Å². The first kappa shape index (κ1) is 15.3. The molecule has 0 amide bonds. The molecule has 1 aromatic carbocycles. The minimum Gasteiger partial charge on any atom is -0.386 e. The molecule has 8 heteroatoms. The summed E-state index contributed by atoms with van der Waals surface area (Å²) >= 11 is 6.16. The van der Waals surface area contributed by atoms with Gasteiger partial charge in [0.15, 0.2) is 5.41 Å². The summed E-state index contributed by atoms with van der Waals surface area (Å²) in [6.45, 7) is 1.95. The predicted octanol–water partition coefficient (Wildman–Crippen LogP) is 2.06. The zero-order valence-electron chi connectivity index (χ0n) is 12.6. The van der Waals surface area contributed by atoms with Crippen LogP contribution < -0.4 is 5.73 Å². The molecule has 0 bridgehead atoms. The third-order valence-electron chi connectivity index (χ3n) is 5.09. The van der Waals surface area contributed by atoms with Gasteiger partial charge in [0, 0.05) is 16.5 Å². The van der Waals surface area contributed by atoms with E-state index in [1.54, 1.807) is 6.92 Å². The topological polar surface area (TPSA) is 104 Å². The SMILES string of the molecule is C[C@@H]1CO[C@@]2(N=C(N)[C@@]3(C#N)[C@@H](c4c(F)cccc4Cl)[C@@]23C#N)O1. The van der Waals surface area contributed by atoms with Crippen molar-refractivity contribution < 1.29 is 13.9 Å². The number of fused-ring (bicyclic) bond motifs is 2. The number of hydrogen-bond acceptors (Lipinski definition) is 6. The molecule has 0 aromatic heterocycles. The van der Waals surface area contributed by atoms with Gasteiger partial charge in [-0.25, -0.2) is 9.38 Å². The van der Waals surface area contributed by atoms with Gasteiger partial charge < -0.3 is 15.2 Å². The summed E-state index contributed by atoms with van der Waals surface area (Å²) in [5.41, 5.74) is 2.96. The van der Waals surface area contributed by atoms with Crippen LogP contribution >= 0.6 is 11.6 Å². The van der Waals surface area contributed by atoms with Crippen LogP contribution in [0.1, 0.15) is 18.4 Å². The molecule has 122 valence electrons. The third-order valence-corrected chi connectivity index (χ3v) is 5.42. The van der Waals surface area contributed by atoms with Gasteiger partial charge in [0.25, 0.3) is 5.91 Å². The smallest absolute Gasteiger partial charge is 0.293 e. The summed E-state index contributed by atoms with van der Waals surface area (Å²) in [6.07, 6.45) is -0.335. The lowest BCUT2D eigenvalue weighted by Crippen LogP contribution is -2.39. The summed E-state index contributed by atoms with van der Waals surface area (Å²) < 4.78 is 25.9. The fourth-order valence-electron chi connectivity index (χ4n) is 4.08. The Bertz CT molecular complexity index is 858. The second-order valence-electron chi connectivity index (χ2n) is 6.23. The van der Waals surface area contributed by atoms with Gasteiger partial charge in [0.05, 0.1) is 24.8 Å². The maximum atomic E-state index is 14.5. The number of halogens is 2. The molecule has 1 spiro atoms. The van der Waals surface area contributed by atoms with Crippen molar-refractivity contribution in [2.45, 2.75) is 24.9 Å². The zero-order valence-corrected chi connectivity index (χ0v) is 13.3. The van der Waals surface area contributed by atoms with E-state index >= 15 is 0 Å². The first-order valence-electron chi connectivity index (χ1n) is 7.34. The van der Waals surface area contributed by atoms with Crippen LogP contribution in [-0.4, -0.2) is 24.5 Å². The van der Waals surface area contributed by atoms with Crippen LogP contribution in [0.2, 0.25) is 5.02 Å². The van der Waals surface area contributed by atoms with Gasteiger partial charge in [0.2, 0.25) is 0 Å². The molecule has 2 fully saturated rings. The van der Waals surface area contributed by atoms with Crippen LogP contribution in [0.15, 0.2) is 23.2 Å². The van der Waals surface area contributed by atoms with Crippen molar-refractivity contribution in [2.75, 3.05) is 6.61 Å². The van der Waals surface area contributed by atoms with Crippen molar-refractivity contribution >= 4 is 17.4 Å². The van der Waals surface area contributed by atoms with Crippen LogP contribution in [0.3, 0.4) is 0 Å². The van der Waals surface area contributed by atoms with Gasteiger partial charge in [-0.1, -0.05) is 17.7 Å². The third kappa shape index (κ3) is 1.36. The monoisotopic (exact) mass is 346 g/mol. The molecule has 0 unspecified atom stereocenters. The van der Waals surface area contributed by atoms with E-state index in [9.17, 15) is 14.9 Å². The van der Waals surface area contributed by atoms with E-state index in [1.807, 2.05) is 0 Å². The van der Waals surface area contributed by atoms with Crippen molar-refractivity contribution in [3.8, 4) is 12.1 Å². The van der Waals surface area contributed by atoms with Gasteiger partial charge >= 0.3 is 0 Å². The lowest BCUT2D eigenvalue weighted by Gasteiger charge is -2.26. The molecule has 4 rings (SSSR count). The first-order chi connectivity index (χ1) is 11.4. The van der Waals surface area contributed by atoms with E-state index in [1.165, 1.54) is 18.2 Å². The van der Waals surface area contributed by atoms with E-state index in [0.717, 1.165) is 0 Å². The van der Waals surface area contributed by atoms with E-state index in [0.29, 0.717) is 0 Å². The Kier molecular flexibility index (Phi) is 2.85. The Balaban J connectivity index is 1.98. The molecule has 5 atom stereocenters. The van der Waals surface area contributed by atoms with Crippen molar-refractivity contribution in [3.05, 3.63) is 34.6 Å². The quantitative estimate of drug-likeness (QED) is 0.838. The van der Waals surface area contributed by atoms with Gasteiger partial charge in [-0.15, -0.1) is 0 Å². The Hall–Kier alpha value is -2.19. The number of rotatable bonds is 1. The van der Waals surface area contributed by atoms with E-state index in [4.69, 9.17) is 26.8 Å². The maximum absolute atomic E-state index is 14.5. The number of nitriles is 2. The predicted molar refractivity (Wildman–Crippen MR) is 81.1 cm³/mol. The molecule has 3 aliphatic rings. The fraction of sp³-hybridized carbons (Fsp3) is 0.438. The van der Waals surface area contributed by atoms with Crippen LogP contribution in [0, 0.1) is 39.3 Å². The largest absolute Gasteiger partial charge is 0.386 e. The number of ether oxygens (including phenoxy) is 2. The molecule has 1 aromatic rings. The average molecular weight is 347 g/mol. The minimum atomic E-state index is -1.71. The highest BCUT2D eigenvalue weighted by molar-refractivity contribution is 6.31. The summed E-state index contributed by atoms with van der Waals surface area (Å²) in [5, 5.41) is 19.9. The van der Waals surface area contributed by atoms with Crippen LogP contribution in [-0.2, 0) is 9.47 Å². The summed E-state index contributed by atoms with van der Waals surface area (Å²) in [6, 6.07) is 8.35. The van der Waals surface area contributed by atoms with Crippen molar-refractivity contribution in [2.24, 2.45) is 21.6 Å². The van der Waals surface area contributed by atoms with Crippen LogP contribution in [0.4, 0.5) is 4.39 Å². The highest BCUT2D eigenvalue weighted by Crippen LogP contribution is 2.83. The molecule has 24 heavy (non-hydrogen) atoms. The van der Waals surface area contributed by atoms with Gasteiger partial charge in [-0.3, -0.25) is 0 Å². The molecular weight excluding hydrogens is 335 g/mol. The lowest BCUT2D eigenvalue weighted by molar-refractivity contribution is -0.193. The number of nitrogens with zero attached hydrogens (tertiary/aromatic N) is 3. The minimum absolute atomic E-state index is 0.0613. The van der Waals surface area contributed by atoms with E-state index in [-0.39, 0.29) is 29.1 Å². The van der Waals surface area contributed by atoms with Gasteiger partial charge in [-0.05, 0) is 19.1 Å². The van der Waals surface area contributed by atoms with Crippen molar-refractivity contribution in [1.29, 1.82) is 10.5 Å². The van der Waals surface area contributed by atoms with Crippen LogP contribution in [0.5, 0.6) is 0 Å². The van der Waals surface area contributed by atoms with E-state index in [2.05, 4.69) is 17.1 Å². The normalized spacial score (nSPS) is 42.3. The molecule has 0 radical (unpaired) electrons. The summed E-state index contributed by atoms with van der Waals surface area (Å²) in [7, 11) is 0. The molecular formula is C16H12ClFN4O2. The number of amidine groups is 1. The first-order valence-corrected chi connectivity index (χ1v) is 7.72. The number of aliphatic imine (C=N–C) groups is 1. The van der Waals surface area contributed by atoms with E-state index < -0.39 is 28.5 Å². The fourth-order valence-corrected chi connectivity index (χ4v) is 4.35. The Labute approximate surface area is 142 Å². The molecule has 1 saturated carbocycles. The van der Waals surface area contributed by atoms with Crippen molar-refractivity contribution in [1.82, 2.24) is 0 Å². The summed E-state index contributed by atoms with van der Waals surface area (Å²) in [5.74, 6) is -3.33. The maximum Gasteiger partial charge on any atom is 0.293 e. The molecule has 2 aliphatic heterocycles. The highest BCUT2D eigenvalue weighted by atomic mass is 35.5. The van der Waals surface area contributed by atoms with Crippen molar-refractivity contribution in [3.63, 3.8) is 0 Å². The number of nitrogens with two attached hydrogens (primary N) is 1. The number of benzene rings is 1. The molecule has 1 aliphatic carbocycles. The average Bonchev–Trinajstić information content (AvgIpc) is 2.89. The second kappa shape index (κ2) is 4.46. The molecule has 2 N–H and O–H groups in total. The Morgan fingerprint density at radius 3 is 2.71 bits per heavy atom. The molecule has 6 nitrogen and oxygen atoms in total. The standard InChI is InChI=1S/C16H12ClFN4O2/c1-8-5-23-16(24-8)15(7-20)12(14(15,6-19)13(21)22-16)11-9(17)3-2-4-10(11)18/h2-4,8,12H,5H2,1H3,(H2,21,22)/t8-,12-,14-,15-,16-/m1/s1. The highest BCUT2D eigenvalue weighted by Gasteiger charge is 2.95.